The SMILES string of the molecule is Nc1nc(-c2ccc(Cl)cc2)cc(-c2ccc(O[C@@H]3O[C@H](CO)[C@@H](O)[C@@H](O)[C@H]3O)cc2)n1. The van der Waals surface area contributed by atoms with Crippen molar-refractivity contribution in [2.75, 3.05) is 12.3 Å². The summed E-state index contributed by atoms with van der Waals surface area (Å²) >= 11 is 5.95. The van der Waals surface area contributed by atoms with Crippen LogP contribution < -0.4 is 10.5 Å². The van der Waals surface area contributed by atoms with Crippen LogP contribution in [0.5, 0.6) is 5.75 Å². The molecular weight excluding hydrogens is 438 g/mol. The topological polar surface area (TPSA) is 151 Å². The fourth-order valence-corrected chi connectivity index (χ4v) is 3.51. The van der Waals surface area contributed by atoms with Gasteiger partial charge in [0.05, 0.1) is 18.0 Å². The summed E-state index contributed by atoms with van der Waals surface area (Å²) in [7, 11) is 0. The van der Waals surface area contributed by atoms with Crippen LogP contribution in [0.1, 0.15) is 0 Å². The van der Waals surface area contributed by atoms with E-state index in [-0.39, 0.29) is 5.95 Å². The molecule has 0 amide bonds. The van der Waals surface area contributed by atoms with Gasteiger partial charge < -0.3 is 35.6 Å². The average Bonchev–Trinajstić information content (AvgIpc) is 2.80. The molecule has 32 heavy (non-hydrogen) atoms. The number of aliphatic hydroxyl groups excluding tert-OH is 4. The number of ether oxygens (including phenoxy) is 2. The molecular formula is C22H22ClN3O6. The summed E-state index contributed by atoms with van der Waals surface area (Å²) in [6, 6.07) is 15.8. The number of aromatic nitrogens is 2. The second-order valence-corrected chi connectivity index (χ2v) is 7.78. The lowest BCUT2D eigenvalue weighted by molar-refractivity contribution is -0.277. The molecule has 1 fully saturated rings. The van der Waals surface area contributed by atoms with Crippen molar-refractivity contribution in [2.45, 2.75) is 30.7 Å². The molecule has 9 nitrogen and oxygen atoms in total. The van der Waals surface area contributed by atoms with Crippen LogP contribution >= 0.6 is 11.6 Å². The molecule has 0 saturated carbocycles. The maximum Gasteiger partial charge on any atom is 0.229 e. The first-order valence-corrected chi connectivity index (χ1v) is 10.2. The van der Waals surface area contributed by atoms with Gasteiger partial charge in [0.1, 0.15) is 30.2 Å². The van der Waals surface area contributed by atoms with Gasteiger partial charge >= 0.3 is 0 Å². The second-order valence-electron chi connectivity index (χ2n) is 7.34. The summed E-state index contributed by atoms with van der Waals surface area (Å²) in [5.41, 5.74) is 8.73. The van der Waals surface area contributed by atoms with Gasteiger partial charge in [-0.1, -0.05) is 23.7 Å². The number of rotatable bonds is 5. The summed E-state index contributed by atoms with van der Waals surface area (Å²) in [4.78, 5) is 8.57. The molecule has 1 aromatic heterocycles. The largest absolute Gasteiger partial charge is 0.462 e. The number of nitrogen functional groups attached to an aromatic ring is 1. The lowest BCUT2D eigenvalue weighted by Gasteiger charge is -2.39. The minimum atomic E-state index is -1.51. The van der Waals surface area contributed by atoms with Gasteiger partial charge in [0, 0.05) is 16.1 Å². The van der Waals surface area contributed by atoms with Crippen LogP contribution in [0.3, 0.4) is 0 Å². The van der Waals surface area contributed by atoms with E-state index in [9.17, 15) is 20.4 Å². The minimum absolute atomic E-state index is 0.120. The normalized spacial score (nSPS) is 25.5. The summed E-state index contributed by atoms with van der Waals surface area (Å²) in [6.45, 7) is -0.533. The van der Waals surface area contributed by atoms with Crippen LogP contribution in [-0.4, -0.2) is 67.7 Å². The highest BCUT2D eigenvalue weighted by Gasteiger charge is 2.44. The Hall–Kier alpha value is -2.79. The monoisotopic (exact) mass is 459 g/mol. The van der Waals surface area contributed by atoms with Gasteiger partial charge in [-0.3, -0.25) is 0 Å². The molecule has 0 bridgehead atoms. The van der Waals surface area contributed by atoms with Crippen molar-refractivity contribution in [1.82, 2.24) is 9.97 Å². The maximum atomic E-state index is 10.1. The smallest absolute Gasteiger partial charge is 0.229 e. The standard InChI is InChI=1S/C22H22ClN3O6/c23-13-5-1-11(2-6-13)15-9-16(26-22(24)25-15)12-3-7-14(8-4-12)31-21-20(30)19(29)18(28)17(10-27)32-21/h1-9,17-21,27-30H,10H2,(H2,24,25,26)/t17-,18-,19-,20-,21-/m1/s1. The molecule has 1 aliphatic heterocycles. The molecule has 6 N–H and O–H groups in total. The molecule has 0 spiro atoms. The van der Waals surface area contributed by atoms with Crippen molar-refractivity contribution in [3.8, 4) is 28.3 Å². The van der Waals surface area contributed by atoms with Gasteiger partial charge in [0.25, 0.3) is 0 Å². The fourth-order valence-electron chi connectivity index (χ4n) is 3.39. The summed E-state index contributed by atoms with van der Waals surface area (Å²) in [6.07, 6.45) is -6.76. The zero-order valence-electron chi connectivity index (χ0n) is 16.7. The quantitative estimate of drug-likeness (QED) is 0.379. The van der Waals surface area contributed by atoms with E-state index < -0.39 is 37.3 Å². The van der Waals surface area contributed by atoms with Gasteiger partial charge in [-0.05, 0) is 42.5 Å². The molecule has 168 valence electrons. The van der Waals surface area contributed by atoms with Crippen LogP contribution in [0.15, 0.2) is 54.6 Å². The van der Waals surface area contributed by atoms with E-state index >= 15 is 0 Å². The average molecular weight is 460 g/mol. The maximum absolute atomic E-state index is 10.1. The second kappa shape index (κ2) is 9.37. The number of aliphatic hydroxyl groups is 4. The summed E-state index contributed by atoms with van der Waals surface area (Å²) in [5, 5.41) is 39.8. The molecule has 5 atom stereocenters. The van der Waals surface area contributed by atoms with Crippen molar-refractivity contribution in [2.24, 2.45) is 0 Å². The molecule has 2 heterocycles. The number of hydrogen-bond acceptors (Lipinski definition) is 9. The number of nitrogens with zero attached hydrogens (tertiary/aromatic N) is 2. The molecule has 1 saturated heterocycles. The van der Waals surface area contributed by atoms with Gasteiger partial charge in [0.15, 0.2) is 0 Å². The zero-order chi connectivity index (χ0) is 22.8. The highest BCUT2D eigenvalue weighted by molar-refractivity contribution is 6.30. The van der Waals surface area contributed by atoms with Crippen LogP contribution in [0, 0.1) is 0 Å². The molecule has 10 heteroatoms. The highest BCUT2D eigenvalue weighted by Crippen LogP contribution is 2.28. The Morgan fingerprint density at radius 2 is 1.44 bits per heavy atom. The number of nitrogens with two attached hydrogens (primary N) is 1. The van der Waals surface area contributed by atoms with E-state index in [1.165, 1.54) is 0 Å². The highest BCUT2D eigenvalue weighted by atomic mass is 35.5. The van der Waals surface area contributed by atoms with E-state index in [0.29, 0.717) is 22.2 Å². The molecule has 0 unspecified atom stereocenters. The lowest BCUT2D eigenvalue weighted by Crippen LogP contribution is -2.60. The predicted octanol–water partition coefficient (Wildman–Crippen LogP) is 1.22. The van der Waals surface area contributed by atoms with Gasteiger partial charge in [0.2, 0.25) is 12.2 Å². The summed E-state index contributed by atoms with van der Waals surface area (Å²) in [5.74, 6) is 0.465. The first-order chi connectivity index (χ1) is 15.4. The van der Waals surface area contributed by atoms with Crippen LogP contribution in [0.4, 0.5) is 5.95 Å². The molecule has 2 aromatic carbocycles. The zero-order valence-corrected chi connectivity index (χ0v) is 17.5. The summed E-state index contributed by atoms with van der Waals surface area (Å²) < 4.78 is 11.0. The third-order valence-electron chi connectivity index (χ3n) is 5.13. The number of halogens is 1. The van der Waals surface area contributed by atoms with Gasteiger partial charge in [-0.25, -0.2) is 9.97 Å². The fraction of sp³-hybridized carbons (Fsp3) is 0.273. The van der Waals surface area contributed by atoms with E-state index in [1.54, 1.807) is 42.5 Å². The van der Waals surface area contributed by atoms with Crippen LogP contribution in [-0.2, 0) is 4.74 Å². The van der Waals surface area contributed by atoms with E-state index in [4.69, 9.17) is 26.8 Å². The first-order valence-electron chi connectivity index (χ1n) is 9.84. The molecule has 4 rings (SSSR count). The van der Waals surface area contributed by atoms with E-state index in [2.05, 4.69) is 9.97 Å². The lowest BCUT2D eigenvalue weighted by atomic mass is 9.99. The van der Waals surface area contributed by atoms with E-state index in [1.807, 2.05) is 12.1 Å². The van der Waals surface area contributed by atoms with Crippen molar-refractivity contribution in [3.63, 3.8) is 0 Å². The van der Waals surface area contributed by atoms with Crippen molar-refractivity contribution < 1.29 is 29.9 Å². The Labute approximate surface area is 188 Å². The third-order valence-corrected chi connectivity index (χ3v) is 5.39. The minimum Gasteiger partial charge on any atom is -0.462 e. The van der Waals surface area contributed by atoms with Crippen LogP contribution in [0.2, 0.25) is 5.02 Å². The van der Waals surface area contributed by atoms with Crippen molar-refractivity contribution in [1.29, 1.82) is 0 Å². The molecule has 3 aromatic rings. The molecule has 0 aliphatic carbocycles. The van der Waals surface area contributed by atoms with Gasteiger partial charge in [-0.15, -0.1) is 0 Å². The first kappa shape index (κ1) is 22.4. The Balaban J connectivity index is 1.53. The van der Waals surface area contributed by atoms with Crippen molar-refractivity contribution in [3.05, 3.63) is 59.6 Å². The Bertz CT molecular complexity index is 1060. The van der Waals surface area contributed by atoms with E-state index in [0.717, 1.165) is 11.1 Å². The Morgan fingerprint density at radius 3 is 2.00 bits per heavy atom. The number of benzene rings is 2. The third kappa shape index (κ3) is 4.68. The van der Waals surface area contributed by atoms with Gasteiger partial charge in [-0.2, -0.15) is 0 Å². The Morgan fingerprint density at radius 1 is 0.875 bits per heavy atom. The predicted molar refractivity (Wildman–Crippen MR) is 117 cm³/mol. The van der Waals surface area contributed by atoms with Crippen LogP contribution in [0.25, 0.3) is 22.5 Å². The molecule has 0 radical (unpaired) electrons. The molecule has 1 aliphatic rings. The van der Waals surface area contributed by atoms with Crippen molar-refractivity contribution >= 4 is 17.5 Å². The number of hydrogen-bond donors (Lipinski definition) is 5. The number of anilines is 1. The Kier molecular flexibility index (Phi) is 6.56.